The number of fused-ring (bicyclic) bond motifs is 1. The number of rotatable bonds is 18. The molecule has 5 rings (SSSR count). The molecule has 0 bridgehead atoms. The third-order valence-electron chi connectivity index (χ3n) is 10.5. The van der Waals surface area contributed by atoms with E-state index in [0.717, 1.165) is 35.0 Å². The summed E-state index contributed by atoms with van der Waals surface area (Å²) >= 11 is 0. The number of carboxylic acid groups (broad SMARTS) is 1. The lowest BCUT2D eigenvalue weighted by molar-refractivity contribution is -0.116. The van der Waals surface area contributed by atoms with Crippen molar-refractivity contribution in [3.8, 4) is 5.75 Å². The molecule has 0 spiro atoms. The van der Waals surface area contributed by atoms with E-state index in [1.165, 1.54) is 17.5 Å². The van der Waals surface area contributed by atoms with Crippen LogP contribution in [0.15, 0.2) is 114 Å². The summed E-state index contributed by atoms with van der Waals surface area (Å²) in [6, 6.07) is 35.8. The number of ether oxygens (including phenoxy) is 1. The van der Waals surface area contributed by atoms with Gasteiger partial charge in [-0.3, -0.25) is 14.5 Å². The van der Waals surface area contributed by atoms with Crippen LogP contribution in [-0.4, -0.2) is 66.9 Å². The average molecular weight is 777 g/mol. The molecular formula is C45H56N4O6Si. The van der Waals surface area contributed by atoms with Crippen molar-refractivity contribution in [1.29, 1.82) is 0 Å². The Bertz CT molecular complexity index is 2120. The molecule has 0 aliphatic carbocycles. The van der Waals surface area contributed by atoms with Crippen molar-refractivity contribution in [2.75, 3.05) is 32.0 Å². The summed E-state index contributed by atoms with van der Waals surface area (Å²) in [6.45, 7) is 14.0. The Morgan fingerprint density at radius 3 is 2.21 bits per heavy atom. The molecule has 3 N–H and O–H groups in total. The van der Waals surface area contributed by atoms with Gasteiger partial charge in [-0.2, -0.15) is 0 Å². The molecule has 296 valence electrons. The molecule has 0 aliphatic heterocycles. The van der Waals surface area contributed by atoms with E-state index in [9.17, 15) is 14.4 Å². The Morgan fingerprint density at radius 2 is 1.54 bits per heavy atom. The lowest BCUT2D eigenvalue weighted by Gasteiger charge is -2.41. The summed E-state index contributed by atoms with van der Waals surface area (Å²) in [5.41, 5.74) is 5.46. The van der Waals surface area contributed by atoms with Gasteiger partial charge in [-0.25, -0.2) is 4.79 Å². The molecular weight excluding hydrogens is 721 g/mol. The number of pyridine rings is 1. The van der Waals surface area contributed by atoms with Crippen molar-refractivity contribution < 1.29 is 23.9 Å². The molecule has 10 nitrogen and oxygen atoms in total. The Morgan fingerprint density at radius 1 is 0.857 bits per heavy atom. The molecule has 0 radical (unpaired) electrons. The first-order chi connectivity index (χ1) is 26.7. The molecule has 56 heavy (non-hydrogen) atoms. The molecule has 4 aromatic carbocycles. The Balaban J connectivity index is 1.42. The fourth-order valence-corrected chi connectivity index (χ4v) is 7.58. The number of benzene rings is 4. The average Bonchev–Trinajstić information content (AvgIpc) is 3.16. The number of hydrogen-bond acceptors (Lipinski definition) is 6. The minimum absolute atomic E-state index is 0.0462. The third-order valence-corrected chi connectivity index (χ3v) is 15.0. The molecule has 0 aliphatic rings. The minimum atomic E-state index is -2.31. The highest BCUT2D eigenvalue weighted by Gasteiger charge is 2.40. The van der Waals surface area contributed by atoms with E-state index < -0.39 is 14.4 Å². The fourth-order valence-electron chi connectivity index (χ4n) is 6.31. The number of carbonyl (C=O) groups is 2. The van der Waals surface area contributed by atoms with Crippen molar-refractivity contribution in [1.82, 2.24) is 14.8 Å². The van der Waals surface area contributed by atoms with Gasteiger partial charge in [0, 0.05) is 56.8 Å². The summed E-state index contributed by atoms with van der Waals surface area (Å²) < 4.78 is 13.6. The van der Waals surface area contributed by atoms with E-state index in [2.05, 4.69) is 85.5 Å². The zero-order chi connectivity index (χ0) is 40.3. The summed E-state index contributed by atoms with van der Waals surface area (Å²) in [6.07, 6.45) is 0.0689. The lowest BCUT2D eigenvalue weighted by atomic mass is 10.0. The van der Waals surface area contributed by atoms with Gasteiger partial charge in [0.1, 0.15) is 12.4 Å². The number of anilines is 1. The molecule has 0 unspecified atom stereocenters. The second-order valence-corrected chi connectivity index (χ2v) is 20.7. The predicted octanol–water partition coefficient (Wildman–Crippen LogP) is 9.24. The van der Waals surface area contributed by atoms with E-state index in [-0.39, 0.29) is 29.0 Å². The van der Waals surface area contributed by atoms with E-state index in [1.54, 1.807) is 6.07 Å². The summed E-state index contributed by atoms with van der Waals surface area (Å²) in [4.78, 5) is 43.2. The maximum atomic E-state index is 12.7. The highest BCUT2D eigenvalue weighted by molar-refractivity contribution is 6.74. The molecule has 0 fully saturated rings. The van der Waals surface area contributed by atoms with Gasteiger partial charge in [0.2, 0.25) is 11.5 Å². The van der Waals surface area contributed by atoms with Gasteiger partial charge in [-0.1, -0.05) is 99.6 Å². The largest absolute Gasteiger partial charge is 0.487 e. The van der Waals surface area contributed by atoms with Crippen LogP contribution >= 0.6 is 0 Å². The van der Waals surface area contributed by atoms with Crippen molar-refractivity contribution in [3.63, 3.8) is 0 Å². The maximum Gasteiger partial charge on any atom is 0.407 e. The predicted molar refractivity (Wildman–Crippen MR) is 227 cm³/mol. The Hall–Kier alpha value is -5.23. The first-order valence-electron chi connectivity index (χ1n) is 19.3. The van der Waals surface area contributed by atoms with Crippen LogP contribution in [-0.2, 0) is 28.8 Å². The normalized spacial score (nSPS) is 12.4. The van der Waals surface area contributed by atoms with E-state index in [0.29, 0.717) is 49.6 Å². The summed E-state index contributed by atoms with van der Waals surface area (Å²) in [7, 11) is -0.819. The standard InChI is InChI=1S/C45H56N4O6Si/c1-45(2,3)56(5,6)55-40(37-22-24-39(43-38(37)23-25-42(51)47-43)54-32-35-17-11-8-12-18-35)31-49(30-34-15-9-7-10-16-34)28-26-33-19-13-20-36(29-33)46-41(50)21-14-27-48(4)44(52)53/h7-13,15-20,22-25,29,40H,14,21,26-28,30-32H2,1-6H3,(H,46,50)(H,47,51)(H,52,53)/t40-/m1/s1. The van der Waals surface area contributed by atoms with Gasteiger partial charge in [0.15, 0.2) is 8.32 Å². The maximum absolute atomic E-state index is 12.7. The van der Waals surface area contributed by atoms with Crippen LogP contribution in [0.3, 0.4) is 0 Å². The summed E-state index contributed by atoms with van der Waals surface area (Å²) in [5.74, 6) is 0.458. The number of aromatic amines is 1. The van der Waals surface area contributed by atoms with Crippen LogP contribution in [0.4, 0.5) is 10.5 Å². The number of amides is 2. The number of nitrogens with zero attached hydrogens (tertiary/aromatic N) is 2. The topological polar surface area (TPSA) is 124 Å². The van der Waals surface area contributed by atoms with Gasteiger partial charge >= 0.3 is 6.09 Å². The third kappa shape index (κ3) is 11.9. The van der Waals surface area contributed by atoms with Crippen molar-refractivity contribution >= 4 is 36.9 Å². The first kappa shape index (κ1) is 41.9. The molecule has 0 saturated carbocycles. The number of nitrogens with one attached hydrogen (secondary N) is 2. The van der Waals surface area contributed by atoms with Crippen molar-refractivity contribution in [2.45, 2.75) is 77.4 Å². The summed E-state index contributed by atoms with van der Waals surface area (Å²) in [5, 5.41) is 12.9. The molecule has 1 aromatic heterocycles. The smallest absolute Gasteiger partial charge is 0.407 e. The van der Waals surface area contributed by atoms with Crippen LogP contribution in [0.25, 0.3) is 10.9 Å². The molecule has 0 saturated heterocycles. The van der Waals surface area contributed by atoms with Crippen molar-refractivity contribution in [2.24, 2.45) is 0 Å². The highest BCUT2D eigenvalue weighted by atomic mass is 28.4. The molecule has 1 heterocycles. The van der Waals surface area contributed by atoms with Crippen molar-refractivity contribution in [3.05, 3.63) is 142 Å². The fraction of sp³-hybridized carbons (Fsp3) is 0.356. The quantitative estimate of drug-likeness (QED) is 0.0759. The zero-order valence-electron chi connectivity index (χ0n) is 33.5. The van der Waals surface area contributed by atoms with Gasteiger partial charge in [-0.15, -0.1) is 0 Å². The van der Waals surface area contributed by atoms with Crippen LogP contribution in [0.5, 0.6) is 5.75 Å². The first-order valence-corrected chi connectivity index (χ1v) is 22.2. The lowest BCUT2D eigenvalue weighted by Crippen LogP contribution is -2.44. The van der Waals surface area contributed by atoms with E-state index in [4.69, 9.17) is 14.3 Å². The molecule has 5 aromatic rings. The second kappa shape index (κ2) is 19.1. The number of hydrogen-bond donors (Lipinski definition) is 3. The molecule has 11 heteroatoms. The Labute approximate surface area is 331 Å². The van der Waals surface area contributed by atoms with Gasteiger partial charge in [0.25, 0.3) is 0 Å². The number of H-pyrrole nitrogens is 1. The van der Waals surface area contributed by atoms with Gasteiger partial charge in [-0.05, 0) is 77.5 Å². The van der Waals surface area contributed by atoms with Crippen LogP contribution in [0.2, 0.25) is 18.1 Å². The van der Waals surface area contributed by atoms with Crippen LogP contribution in [0.1, 0.15) is 62.0 Å². The molecule has 2 amide bonds. The van der Waals surface area contributed by atoms with Crippen LogP contribution in [0, 0.1) is 0 Å². The second-order valence-electron chi connectivity index (χ2n) is 15.9. The van der Waals surface area contributed by atoms with E-state index in [1.807, 2.05) is 66.7 Å². The highest BCUT2D eigenvalue weighted by Crippen LogP contribution is 2.42. The monoisotopic (exact) mass is 776 g/mol. The molecule has 1 atom stereocenters. The Kier molecular flexibility index (Phi) is 14.3. The zero-order valence-corrected chi connectivity index (χ0v) is 34.5. The number of aromatic nitrogens is 1. The van der Waals surface area contributed by atoms with Gasteiger partial charge < -0.3 is 29.5 Å². The van der Waals surface area contributed by atoms with E-state index >= 15 is 0 Å². The van der Waals surface area contributed by atoms with Gasteiger partial charge in [0.05, 0.1) is 11.6 Å². The SMILES string of the molecule is CN(CCCC(=O)Nc1cccc(CCN(Cc2ccccc2)C[C@@H](O[Si](C)(C)C(C)(C)C)c2ccc(OCc3ccccc3)c3[nH]c(=O)ccc23)c1)C(=O)O. The minimum Gasteiger partial charge on any atom is -0.487 e. The van der Waals surface area contributed by atoms with Crippen LogP contribution < -0.4 is 15.6 Å². The number of carbonyl (C=O) groups excluding carboxylic acids is 1.